The minimum atomic E-state index is -0.345. The van der Waals surface area contributed by atoms with E-state index in [-0.39, 0.29) is 6.09 Å². The Morgan fingerprint density at radius 3 is 2.76 bits per heavy atom. The minimum Gasteiger partial charge on any atom is -0.445 e. The highest BCUT2D eigenvalue weighted by Crippen LogP contribution is 2.36. The molecule has 152 valence electrons. The summed E-state index contributed by atoms with van der Waals surface area (Å²) in [6, 6.07) is 9.72. The molecule has 29 heavy (non-hydrogen) atoms. The average molecular weight is 457 g/mol. The van der Waals surface area contributed by atoms with Crippen molar-refractivity contribution >= 4 is 27.5 Å². The van der Waals surface area contributed by atoms with E-state index in [0.717, 1.165) is 52.9 Å². The molecule has 0 aliphatic heterocycles. The van der Waals surface area contributed by atoms with E-state index in [4.69, 9.17) is 9.72 Å². The maximum absolute atomic E-state index is 12.0. The van der Waals surface area contributed by atoms with Gasteiger partial charge >= 0.3 is 6.09 Å². The number of nitrogens with zero attached hydrogens (tertiary/aromatic N) is 3. The van der Waals surface area contributed by atoms with E-state index in [1.54, 1.807) is 0 Å². The summed E-state index contributed by atoms with van der Waals surface area (Å²) in [5, 5.41) is 2.92. The average Bonchev–Trinajstić information content (AvgIpc) is 3.09. The van der Waals surface area contributed by atoms with Crippen LogP contribution in [0.3, 0.4) is 0 Å². The first-order chi connectivity index (χ1) is 14.1. The van der Waals surface area contributed by atoms with Gasteiger partial charge in [0.15, 0.2) is 0 Å². The number of aromatic nitrogens is 3. The number of aryl methyl sites for hydroxylation is 1. The lowest BCUT2D eigenvalue weighted by Crippen LogP contribution is -2.31. The minimum absolute atomic E-state index is 0.301. The van der Waals surface area contributed by atoms with Gasteiger partial charge in [0, 0.05) is 24.9 Å². The Hall–Kier alpha value is -2.41. The van der Waals surface area contributed by atoms with Crippen LogP contribution in [0.1, 0.15) is 48.7 Å². The van der Waals surface area contributed by atoms with Crippen LogP contribution >= 0.6 is 15.9 Å². The number of benzene rings is 1. The fraction of sp³-hybridized carbons (Fsp3) is 0.409. The van der Waals surface area contributed by atoms with Gasteiger partial charge in [-0.25, -0.2) is 9.78 Å². The molecule has 2 heterocycles. The quantitative estimate of drug-likeness (QED) is 0.586. The first-order valence-corrected chi connectivity index (χ1v) is 10.8. The Labute approximate surface area is 178 Å². The van der Waals surface area contributed by atoms with E-state index in [9.17, 15) is 4.79 Å². The molecule has 1 amide bonds. The molecule has 1 saturated carbocycles. The van der Waals surface area contributed by atoms with Crippen molar-refractivity contribution in [2.24, 2.45) is 5.92 Å². The molecule has 0 unspecified atom stereocenters. The van der Waals surface area contributed by atoms with Crippen molar-refractivity contribution in [3.05, 3.63) is 64.4 Å². The molecule has 0 bridgehead atoms. The van der Waals surface area contributed by atoms with Crippen LogP contribution in [0.5, 0.6) is 0 Å². The van der Waals surface area contributed by atoms with Crippen LogP contribution in [0.4, 0.5) is 4.79 Å². The topological polar surface area (TPSA) is 68.5 Å². The van der Waals surface area contributed by atoms with Crippen LogP contribution in [-0.4, -0.2) is 27.0 Å². The van der Waals surface area contributed by atoms with Crippen LogP contribution in [0, 0.1) is 12.8 Å². The van der Waals surface area contributed by atoms with E-state index in [0.29, 0.717) is 25.0 Å². The van der Waals surface area contributed by atoms with E-state index in [1.807, 2.05) is 49.6 Å². The molecule has 2 aromatic heterocycles. The Morgan fingerprint density at radius 1 is 1.24 bits per heavy atom. The van der Waals surface area contributed by atoms with Crippen LogP contribution in [0.25, 0.3) is 5.52 Å². The molecule has 0 saturated heterocycles. The number of nitrogens with one attached hydrogen (secondary N) is 1. The van der Waals surface area contributed by atoms with Gasteiger partial charge in [-0.2, -0.15) is 0 Å². The number of carbonyl (C=O) groups is 1. The highest BCUT2D eigenvalue weighted by Gasteiger charge is 2.27. The molecule has 1 N–H and O–H groups in total. The smallest absolute Gasteiger partial charge is 0.407 e. The van der Waals surface area contributed by atoms with Gasteiger partial charge in [0.25, 0.3) is 0 Å². The monoisotopic (exact) mass is 456 g/mol. The molecular formula is C22H25BrN4O2. The molecule has 6 nitrogen and oxygen atoms in total. The third-order valence-electron chi connectivity index (χ3n) is 5.68. The lowest BCUT2D eigenvalue weighted by atomic mass is 9.81. The third kappa shape index (κ3) is 4.61. The second-order valence-electron chi connectivity index (χ2n) is 7.65. The molecular weight excluding hydrogens is 432 g/mol. The lowest BCUT2D eigenvalue weighted by Gasteiger charge is -2.27. The number of ether oxygens (including phenoxy) is 1. The van der Waals surface area contributed by atoms with Crippen molar-refractivity contribution in [1.29, 1.82) is 0 Å². The SMILES string of the molecule is Cc1nccn2c(C3CCC(CNC(=O)OCc4ccccc4)CC3)nc(Br)c12. The second kappa shape index (κ2) is 8.95. The fourth-order valence-corrected chi connectivity index (χ4v) is 4.74. The van der Waals surface area contributed by atoms with Gasteiger partial charge in [-0.3, -0.25) is 9.38 Å². The molecule has 1 aromatic carbocycles. The van der Waals surface area contributed by atoms with Crippen molar-refractivity contribution in [1.82, 2.24) is 19.7 Å². The zero-order valence-corrected chi connectivity index (χ0v) is 18.1. The summed E-state index contributed by atoms with van der Waals surface area (Å²) < 4.78 is 8.32. The van der Waals surface area contributed by atoms with E-state index < -0.39 is 0 Å². The van der Waals surface area contributed by atoms with Crippen LogP contribution < -0.4 is 5.32 Å². The van der Waals surface area contributed by atoms with Gasteiger partial charge in [-0.1, -0.05) is 30.3 Å². The Balaban J connectivity index is 1.27. The number of hydrogen-bond donors (Lipinski definition) is 1. The molecule has 0 spiro atoms. The summed E-state index contributed by atoms with van der Waals surface area (Å²) in [5.41, 5.74) is 3.02. The predicted octanol–water partition coefficient (Wildman–Crippen LogP) is 5.00. The number of rotatable bonds is 5. The van der Waals surface area contributed by atoms with Crippen molar-refractivity contribution in [3.63, 3.8) is 0 Å². The summed E-state index contributed by atoms with van der Waals surface area (Å²) >= 11 is 3.59. The van der Waals surface area contributed by atoms with E-state index in [2.05, 4.69) is 30.6 Å². The fourth-order valence-electron chi connectivity index (χ4n) is 4.08. The molecule has 1 fully saturated rings. The van der Waals surface area contributed by atoms with Gasteiger partial charge < -0.3 is 10.1 Å². The number of imidazole rings is 1. The zero-order chi connectivity index (χ0) is 20.2. The van der Waals surface area contributed by atoms with Crippen LogP contribution in [-0.2, 0) is 11.3 Å². The summed E-state index contributed by atoms with van der Waals surface area (Å²) in [5.74, 6) is 2.01. The Bertz CT molecular complexity index is 981. The molecule has 3 aromatic rings. The number of halogens is 1. The first kappa shape index (κ1) is 19.9. The van der Waals surface area contributed by atoms with Crippen LogP contribution in [0.15, 0.2) is 47.3 Å². The van der Waals surface area contributed by atoms with Gasteiger partial charge in [0.2, 0.25) is 0 Å². The highest BCUT2D eigenvalue weighted by molar-refractivity contribution is 9.10. The Morgan fingerprint density at radius 2 is 2.00 bits per heavy atom. The maximum Gasteiger partial charge on any atom is 0.407 e. The highest BCUT2D eigenvalue weighted by atomic mass is 79.9. The third-order valence-corrected chi connectivity index (χ3v) is 6.24. The molecule has 4 rings (SSSR count). The zero-order valence-electron chi connectivity index (χ0n) is 16.5. The van der Waals surface area contributed by atoms with Gasteiger partial charge in [-0.05, 0) is 60.0 Å². The first-order valence-electron chi connectivity index (χ1n) is 10.1. The lowest BCUT2D eigenvalue weighted by molar-refractivity contribution is 0.136. The van der Waals surface area contributed by atoms with Crippen LogP contribution in [0.2, 0.25) is 0 Å². The predicted molar refractivity (Wildman–Crippen MR) is 115 cm³/mol. The van der Waals surface area contributed by atoms with Crippen molar-refractivity contribution in [2.45, 2.75) is 45.1 Å². The van der Waals surface area contributed by atoms with Gasteiger partial charge in [0.05, 0.1) is 5.69 Å². The number of fused-ring (bicyclic) bond motifs is 1. The largest absolute Gasteiger partial charge is 0.445 e. The van der Waals surface area contributed by atoms with Crippen molar-refractivity contribution in [2.75, 3.05) is 6.54 Å². The molecule has 7 heteroatoms. The number of hydrogen-bond acceptors (Lipinski definition) is 4. The summed E-state index contributed by atoms with van der Waals surface area (Å²) in [6.45, 7) is 2.97. The maximum atomic E-state index is 12.0. The number of carbonyl (C=O) groups excluding carboxylic acids is 1. The molecule has 0 radical (unpaired) electrons. The molecule has 0 atom stereocenters. The van der Waals surface area contributed by atoms with Gasteiger partial charge in [-0.15, -0.1) is 0 Å². The standard InChI is InChI=1S/C22H25BrN4O2/c1-15-19-20(23)26-21(27(19)12-11-24-15)18-9-7-16(8-10-18)13-25-22(28)29-14-17-5-3-2-4-6-17/h2-6,11-12,16,18H,7-10,13-14H2,1H3,(H,25,28). The number of amides is 1. The Kier molecular flexibility index (Phi) is 6.13. The summed E-state index contributed by atoms with van der Waals surface area (Å²) in [4.78, 5) is 21.1. The van der Waals surface area contributed by atoms with Gasteiger partial charge in [0.1, 0.15) is 22.6 Å². The van der Waals surface area contributed by atoms with E-state index >= 15 is 0 Å². The van der Waals surface area contributed by atoms with E-state index in [1.165, 1.54) is 0 Å². The van der Waals surface area contributed by atoms with Crippen molar-refractivity contribution in [3.8, 4) is 0 Å². The molecule has 1 aliphatic rings. The second-order valence-corrected chi connectivity index (χ2v) is 8.40. The normalized spacial score (nSPS) is 19.2. The molecule has 1 aliphatic carbocycles. The van der Waals surface area contributed by atoms with Crippen molar-refractivity contribution < 1.29 is 9.53 Å². The number of alkyl carbamates (subject to hydrolysis) is 1. The summed E-state index contributed by atoms with van der Waals surface area (Å²) in [7, 11) is 0. The summed E-state index contributed by atoms with van der Waals surface area (Å²) in [6.07, 6.45) is 7.75.